The zero-order valence-electron chi connectivity index (χ0n) is 55.6. The fourth-order valence-electron chi connectivity index (χ4n) is 10.2. The SMILES string of the molecule is CCOC(=O)C[S+](C)CCCNC(=O)c1csc(-c2csc(CCNC(=O)C(NC(=O)C(C)C(O)C(C)NC(=O)C(NC(=O)c3nc(C(CC(N)=O)NCC(N)C(N)=O)nc(N)c3C)C(O[C@@H]3O[C@@H](CO)[C@@H](O)[C@@H](O)[C@@H]3O[C@H]3O[C@H](CO)[C@@H](O)[C@@H](OC(N)=O)[C@@H]3O)c3cnc[nH]3)C(C)O)n2)n1. The molecule has 20 atom stereocenters. The van der Waals surface area contributed by atoms with E-state index in [9.17, 15) is 79.2 Å². The van der Waals surface area contributed by atoms with Crippen molar-refractivity contribution in [1.82, 2.24) is 61.8 Å². The lowest BCUT2D eigenvalue weighted by Crippen LogP contribution is -2.65. The van der Waals surface area contributed by atoms with Gasteiger partial charge in [-0.2, -0.15) is 0 Å². The van der Waals surface area contributed by atoms with Gasteiger partial charge in [-0.25, -0.2) is 34.5 Å². The molecule has 43 heteroatoms. The molecule has 0 aromatic carbocycles. The topological polar surface area (TPSA) is 653 Å². The Labute approximate surface area is 587 Å². The molecule has 101 heavy (non-hydrogen) atoms. The molecule has 25 N–H and O–H groups in total. The highest BCUT2D eigenvalue weighted by atomic mass is 32.2. The minimum atomic E-state index is -2.21. The highest BCUT2D eigenvalue weighted by molar-refractivity contribution is 7.96. The maximum absolute atomic E-state index is 15.2. The van der Waals surface area contributed by atoms with Crippen molar-refractivity contribution < 1.29 is 112 Å². The Balaban J connectivity index is 1.22. The fourth-order valence-corrected chi connectivity index (χ4v) is 13.1. The molecule has 0 saturated carbocycles. The second-order valence-electron chi connectivity index (χ2n) is 23.6. The van der Waals surface area contributed by atoms with E-state index in [1.807, 2.05) is 6.26 Å². The monoisotopic (exact) mass is 1490 g/mol. The molecule has 0 bridgehead atoms. The third-order valence-corrected chi connectivity index (χ3v) is 19.4. The quantitative estimate of drug-likeness (QED) is 0.0113. The van der Waals surface area contributed by atoms with Gasteiger partial charge in [0.1, 0.15) is 100 Å². The van der Waals surface area contributed by atoms with Gasteiger partial charge in [0, 0.05) is 55.2 Å². The summed E-state index contributed by atoms with van der Waals surface area (Å²) in [5.41, 5.74) is 28.0. The summed E-state index contributed by atoms with van der Waals surface area (Å²) < 4.78 is 33.7. The van der Waals surface area contributed by atoms with Gasteiger partial charge in [0.05, 0.1) is 85.6 Å². The number of aliphatic hydroxyl groups is 8. The van der Waals surface area contributed by atoms with Crippen LogP contribution >= 0.6 is 22.7 Å². The number of rotatable bonds is 38. The van der Waals surface area contributed by atoms with E-state index < -0.39 is 183 Å². The van der Waals surface area contributed by atoms with Crippen LogP contribution in [0.15, 0.2) is 23.3 Å². The summed E-state index contributed by atoms with van der Waals surface area (Å²) in [7, 11) is -0.207. The van der Waals surface area contributed by atoms with E-state index in [2.05, 4.69) is 61.8 Å². The van der Waals surface area contributed by atoms with Gasteiger partial charge in [0.2, 0.25) is 35.3 Å². The summed E-state index contributed by atoms with van der Waals surface area (Å²) in [5.74, 6) is -8.07. The normalized spacial score (nSPS) is 23.6. The van der Waals surface area contributed by atoms with Gasteiger partial charge < -0.3 is 135 Å². The summed E-state index contributed by atoms with van der Waals surface area (Å²) in [5, 5.41) is 108. The summed E-state index contributed by atoms with van der Waals surface area (Å²) in [4.78, 5) is 143. The minimum absolute atomic E-state index is 0.0307. The number of aliphatic hydroxyl groups excluding tert-OH is 8. The van der Waals surface area contributed by atoms with Crippen molar-refractivity contribution in [2.75, 3.05) is 63.0 Å². The van der Waals surface area contributed by atoms with Crippen LogP contribution in [0.3, 0.4) is 0 Å². The maximum atomic E-state index is 15.2. The van der Waals surface area contributed by atoms with Gasteiger partial charge in [0.15, 0.2) is 18.7 Å². The molecule has 560 valence electrons. The zero-order chi connectivity index (χ0) is 74.7. The third kappa shape index (κ3) is 22.6. The standard InChI is InChI=1S/C58H87N17O23S3/c1-7-93-35(80)20-101(6)12-8-10-65-51(88)29-18-100-55(71-29)30-19-99-34(70-30)9-11-66-52(89)37(25(5)78)73-50(87)23(3)39(81)24(4)69-54(91)38(74-53(90)36-22(2)47(61)75-49(72-36)27(13-33(60)79)67-14-26(59)48(62)86)44(28-15-64-21-68-28)96-57-46(42(84)40(82)31(16-76)95-57)97-56-43(85)45(98-58(63)92)41(83)32(17-77)94-56/h15,18-19,21,23-27,31-32,37-46,56-57,67,76-78,81-85H,7-14,16-17,20,59H2,1-6H3,(H13-,60,61,62,63,64,65,66,68,69,72,73,74,75,79,86,87,88,89,90,91,92)/p+1/t23?,24?,25?,26?,27?,31-,32+,37?,38?,39?,40+,41+,42+,43-,44?,45+,46-,56+,57-,101?/m0/s1. The first-order valence-electron chi connectivity index (χ1n) is 31.5. The molecule has 2 aliphatic rings. The lowest BCUT2D eigenvalue weighted by Gasteiger charge is -2.47. The number of esters is 1. The predicted octanol–water partition coefficient (Wildman–Crippen LogP) is -7.77. The minimum Gasteiger partial charge on any atom is -0.463 e. The molecule has 2 fully saturated rings. The van der Waals surface area contributed by atoms with Crippen LogP contribution in [0.5, 0.6) is 0 Å². The second kappa shape index (κ2) is 38.4. The van der Waals surface area contributed by atoms with Gasteiger partial charge in [-0.1, -0.05) is 6.92 Å². The maximum Gasteiger partial charge on any atom is 0.404 e. The van der Waals surface area contributed by atoms with E-state index in [-0.39, 0.29) is 70.9 Å². The van der Waals surface area contributed by atoms with Crippen LogP contribution in [-0.4, -0.2) is 279 Å². The van der Waals surface area contributed by atoms with E-state index in [1.54, 1.807) is 17.7 Å². The number of ether oxygens (including phenoxy) is 6. The van der Waals surface area contributed by atoms with Crippen LogP contribution < -0.4 is 60.6 Å². The van der Waals surface area contributed by atoms with E-state index in [4.69, 9.17) is 57.1 Å². The van der Waals surface area contributed by atoms with Gasteiger partial charge in [-0.3, -0.25) is 33.6 Å². The van der Waals surface area contributed by atoms with Crippen molar-refractivity contribution in [2.45, 2.75) is 164 Å². The number of nitrogen functional groups attached to an aromatic ring is 1. The average molecular weight is 1490 g/mol. The Morgan fingerprint density at radius 1 is 0.792 bits per heavy atom. The largest absolute Gasteiger partial charge is 0.463 e. The molecule has 6 rings (SSSR count). The Morgan fingerprint density at radius 2 is 1.49 bits per heavy atom. The van der Waals surface area contributed by atoms with Crippen molar-refractivity contribution >= 4 is 92.8 Å². The molecule has 4 aromatic rings. The van der Waals surface area contributed by atoms with Crippen molar-refractivity contribution in [3.05, 3.63) is 56.8 Å². The van der Waals surface area contributed by atoms with Gasteiger partial charge in [-0.05, 0) is 38.6 Å². The molecular weight excluding hydrogens is 1400 g/mol. The van der Waals surface area contributed by atoms with E-state index >= 15 is 4.79 Å². The molecule has 8 amide bonds. The van der Waals surface area contributed by atoms with Crippen LogP contribution in [0.2, 0.25) is 0 Å². The number of nitrogens with one attached hydrogen (secondary N) is 7. The van der Waals surface area contributed by atoms with Crippen LogP contribution in [0.1, 0.15) is 95.7 Å². The van der Waals surface area contributed by atoms with E-state index in [0.717, 1.165) is 18.3 Å². The molecule has 40 nitrogen and oxygen atoms in total. The van der Waals surface area contributed by atoms with Crippen molar-refractivity contribution in [3.63, 3.8) is 0 Å². The Bertz CT molecular complexity index is 3450. The molecule has 2 saturated heterocycles. The summed E-state index contributed by atoms with van der Waals surface area (Å²) >= 11 is 2.46. The molecule has 4 aromatic heterocycles. The zero-order valence-corrected chi connectivity index (χ0v) is 58.1. The van der Waals surface area contributed by atoms with Crippen LogP contribution in [-0.2, 0) is 74.5 Å². The number of nitrogens with zero attached hydrogens (tertiary/aromatic N) is 5. The summed E-state index contributed by atoms with van der Waals surface area (Å²) in [6.45, 7) is 5.01. The van der Waals surface area contributed by atoms with Gasteiger partial charge in [-0.15, -0.1) is 22.7 Å². The Hall–Kier alpha value is -7.83. The lowest BCUT2D eigenvalue weighted by molar-refractivity contribution is -0.372. The molecular formula is C58H88N17O23S3+. The summed E-state index contributed by atoms with van der Waals surface area (Å²) in [6.07, 6.45) is -22.6. The van der Waals surface area contributed by atoms with Crippen LogP contribution in [0.4, 0.5) is 10.6 Å². The lowest BCUT2D eigenvalue weighted by atomic mass is 9.96. The van der Waals surface area contributed by atoms with Gasteiger partial charge in [0.25, 0.3) is 11.8 Å². The molecule has 0 aliphatic carbocycles. The number of anilines is 1. The molecule has 2 aliphatic heterocycles. The number of hydrogen-bond donors (Lipinski definition) is 20. The summed E-state index contributed by atoms with van der Waals surface area (Å²) in [6, 6.07) is -7.90. The third-order valence-electron chi connectivity index (χ3n) is 15.9. The van der Waals surface area contributed by atoms with Crippen LogP contribution in [0, 0.1) is 12.8 Å². The number of amides is 8. The van der Waals surface area contributed by atoms with Crippen molar-refractivity contribution in [2.24, 2.45) is 28.9 Å². The number of hydrogen-bond acceptors (Lipinski definition) is 33. The van der Waals surface area contributed by atoms with Crippen molar-refractivity contribution in [1.29, 1.82) is 0 Å². The number of aromatic nitrogens is 6. The number of nitrogens with two attached hydrogens (primary N) is 5. The number of carbonyl (C=O) groups excluding carboxylic acids is 9. The first kappa shape index (κ1) is 82.1. The average Bonchev–Trinajstić information content (AvgIpc) is 0.832. The number of carbonyl (C=O) groups is 9. The van der Waals surface area contributed by atoms with Gasteiger partial charge >= 0.3 is 12.1 Å². The number of H-pyrrole nitrogens is 1. The molecule has 0 spiro atoms. The van der Waals surface area contributed by atoms with E-state index in [0.29, 0.717) is 41.0 Å². The number of primary amides is 3. The smallest absolute Gasteiger partial charge is 0.404 e. The molecule has 0 radical (unpaired) electrons. The Kier molecular flexibility index (Phi) is 31.3. The number of aromatic amines is 1. The molecule has 10 unspecified atom stereocenters. The van der Waals surface area contributed by atoms with Crippen molar-refractivity contribution in [3.8, 4) is 10.7 Å². The fraction of sp³-hybridized carbons (Fsp3) is 0.621. The number of imidazole rings is 1. The first-order chi connectivity index (χ1) is 47.8. The predicted molar refractivity (Wildman–Crippen MR) is 354 cm³/mol. The number of thiazole rings is 2. The Morgan fingerprint density at radius 3 is 2.12 bits per heavy atom. The van der Waals surface area contributed by atoms with Crippen LogP contribution in [0.25, 0.3) is 10.7 Å². The van der Waals surface area contributed by atoms with E-state index in [1.165, 1.54) is 50.4 Å². The highest BCUT2D eigenvalue weighted by Gasteiger charge is 2.54. The first-order valence-corrected chi connectivity index (χ1v) is 35.2. The molecule has 6 heterocycles. The second-order valence-corrected chi connectivity index (χ2v) is 27.6. The highest BCUT2D eigenvalue weighted by Crippen LogP contribution is 2.35.